The lowest BCUT2D eigenvalue weighted by molar-refractivity contribution is 0.212. The molecule has 0 amide bonds. The van der Waals surface area contributed by atoms with Gasteiger partial charge in [0.2, 0.25) is 0 Å². The molecule has 3 heteroatoms. The van der Waals surface area contributed by atoms with Gasteiger partial charge in [0.1, 0.15) is 17.6 Å². The molecule has 0 saturated heterocycles. The Balaban J connectivity index is 2.21. The van der Waals surface area contributed by atoms with Crippen molar-refractivity contribution in [1.29, 1.82) is 0 Å². The zero-order valence-corrected chi connectivity index (χ0v) is 12.2. The highest BCUT2D eigenvalue weighted by Gasteiger charge is 2.13. The Morgan fingerprint density at radius 2 is 1.75 bits per heavy atom. The van der Waals surface area contributed by atoms with Crippen molar-refractivity contribution in [1.82, 2.24) is 0 Å². The molecule has 0 spiro atoms. The van der Waals surface area contributed by atoms with Crippen LogP contribution in [0.3, 0.4) is 0 Å². The summed E-state index contributed by atoms with van der Waals surface area (Å²) >= 11 is 0. The Morgan fingerprint density at radius 1 is 1.05 bits per heavy atom. The Morgan fingerprint density at radius 3 is 2.35 bits per heavy atom. The minimum atomic E-state index is -0.151. The van der Waals surface area contributed by atoms with Crippen molar-refractivity contribution in [3.63, 3.8) is 0 Å². The van der Waals surface area contributed by atoms with Gasteiger partial charge in [0.05, 0.1) is 7.11 Å². The van der Waals surface area contributed by atoms with Gasteiger partial charge in [-0.25, -0.2) is 0 Å². The fourth-order valence-electron chi connectivity index (χ4n) is 2.08. The third-order valence-corrected chi connectivity index (χ3v) is 3.53. The van der Waals surface area contributed by atoms with Crippen LogP contribution in [0.25, 0.3) is 0 Å². The average Bonchev–Trinajstić information content (AvgIpc) is 2.49. The quantitative estimate of drug-likeness (QED) is 0.906. The molecule has 0 aliphatic heterocycles. The van der Waals surface area contributed by atoms with Crippen molar-refractivity contribution in [2.45, 2.75) is 20.0 Å². The van der Waals surface area contributed by atoms with E-state index in [1.54, 1.807) is 7.11 Å². The van der Waals surface area contributed by atoms with Gasteiger partial charge in [-0.1, -0.05) is 24.3 Å². The summed E-state index contributed by atoms with van der Waals surface area (Å²) in [6.07, 6.45) is -0.151. The normalized spacial score (nSPS) is 12.0. The van der Waals surface area contributed by atoms with Crippen LogP contribution in [0.15, 0.2) is 42.5 Å². The minimum absolute atomic E-state index is 0.151. The second-order valence-electron chi connectivity index (χ2n) is 4.81. The summed E-state index contributed by atoms with van der Waals surface area (Å²) in [6.45, 7) is 4.57. The predicted molar refractivity (Wildman–Crippen MR) is 81.3 cm³/mol. The standard InChI is InChI=1S/C17H21NO2/c1-12-5-4-6-16(13(12)2)20-17(11-18)14-7-9-15(19-3)10-8-14/h4-10,17H,11,18H2,1-3H3. The predicted octanol–water partition coefficient (Wildman–Crippen LogP) is 3.39. The average molecular weight is 271 g/mol. The maximum Gasteiger partial charge on any atom is 0.136 e. The summed E-state index contributed by atoms with van der Waals surface area (Å²) in [6, 6.07) is 13.9. The van der Waals surface area contributed by atoms with Gasteiger partial charge in [0.25, 0.3) is 0 Å². The molecule has 0 radical (unpaired) electrons. The molecule has 1 atom stereocenters. The van der Waals surface area contributed by atoms with E-state index in [2.05, 4.69) is 19.9 Å². The molecule has 0 heterocycles. The summed E-state index contributed by atoms with van der Waals surface area (Å²) in [7, 11) is 1.65. The Kier molecular flexibility index (Phi) is 4.64. The lowest BCUT2D eigenvalue weighted by atomic mass is 10.1. The summed E-state index contributed by atoms with van der Waals surface area (Å²) in [5, 5.41) is 0. The van der Waals surface area contributed by atoms with Crippen LogP contribution in [0.1, 0.15) is 22.8 Å². The molecule has 106 valence electrons. The summed E-state index contributed by atoms with van der Waals surface area (Å²) < 4.78 is 11.2. The van der Waals surface area contributed by atoms with Crippen LogP contribution in [-0.4, -0.2) is 13.7 Å². The fourth-order valence-corrected chi connectivity index (χ4v) is 2.08. The van der Waals surface area contributed by atoms with E-state index in [4.69, 9.17) is 15.2 Å². The smallest absolute Gasteiger partial charge is 0.136 e. The van der Waals surface area contributed by atoms with Gasteiger partial charge < -0.3 is 15.2 Å². The molecule has 2 N–H and O–H groups in total. The van der Waals surface area contributed by atoms with Gasteiger partial charge in [-0.3, -0.25) is 0 Å². The molecule has 3 nitrogen and oxygen atoms in total. The Labute approximate surface area is 120 Å². The van der Waals surface area contributed by atoms with Crippen LogP contribution in [0, 0.1) is 13.8 Å². The van der Waals surface area contributed by atoms with Crippen LogP contribution in [0.2, 0.25) is 0 Å². The van der Waals surface area contributed by atoms with E-state index in [0.717, 1.165) is 22.6 Å². The Bertz CT molecular complexity index is 564. The number of nitrogens with two attached hydrogens (primary N) is 1. The van der Waals surface area contributed by atoms with Gasteiger partial charge in [-0.05, 0) is 48.7 Å². The topological polar surface area (TPSA) is 44.5 Å². The molecule has 2 rings (SSSR count). The van der Waals surface area contributed by atoms with Gasteiger partial charge in [0.15, 0.2) is 0 Å². The van der Waals surface area contributed by atoms with Crippen molar-refractivity contribution in [3.05, 3.63) is 59.2 Å². The van der Waals surface area contributed by atoms with E-state index >= 15 is 0 Å². The zero-order valence-electron chi connectivity index (χ0n) is 12.2. The number of hydrogen-bond acceptors (Lipinski definition) is 3. The second-order valence-corrected chi connectivity index (χ2v) is 4.81. The molecule has 2 aromatic carbocycles. The molecular weight excluding hydrogens is 250 g/mol. The van der Waals surface area contributed by atoms with Gasteiger partial charge in [-0.2, -0.15) is 0 Å². The van der Waals surface area contributed by atoms with Gasteiger partial charge in [-0.15, -0.1) is 0 Å². The number of methoxy groups -OCH3 is 1. The van der Waals surface area contributed by atoms with Crippen molar-refractivity contribution in [3.8, 4) is 11.5 Å². The number of ether oxygens (including phenoxy) is 2. The number of aryl methyl sites for hydroxylation is 1. The number of rotatable bonds is 5. The van der Waals surface area contributed by atoms with E-state index in [1.165, 1.54) is 5.56 Å². The monoisotopic (exact) mass is 271 g/mol. The van der Waals surface area contributed by atoms with Crippen molar-refractivity contribution in [2.24, 2.45) is 5.73 Å². The van der Waals surface area contributed by atoms with Crippen molar-refractivity contribution >= 4 is 0 Å². The molecule has 0 aromatic heterocycles. The Hall–Kier alpha value is -2.00. The first-order valence-electron chi connectivity index (χ1n) is 6.72. The summed E-state index contributed by atoms with van der Waals surface area (Å²) in [5.74, 6) is 1.72. The largest absolute Gasteiger partial charge is 0.497 e. The van der Waals surface area contributed by atoms with Gasteiger partial charge >= 0.3 is 0 Å². The highest BCUT2D eigenvalue weighted by atomic mass is 16.5. The van der Waals surface area contributed by atoms with Crippen molar-refractivity contribution in [2.75, 3.05) is 13.7 Å². The molecule has 0 aliphatic carbocycles. The first-order valence-corrected chi connectivity index (χ1v) is 6.72. The molecular formula is C17H21NO2. The van der Waals surface area contributed by atoms with Crippen LogP contribution in [-0.2, 0) is 0 Å². The second kappa shape index (κ2) is 6.44. The molecule has 0 bridgehead atoms. The zero-order chi connectivity index (χ0) is 14.5. The summed E-state index contributed by atoms with van der Waals surface area (Å²) in [4.78, 5) is 0. The first kappa shape index (κ1) is 14.4. The third kappa shape index (κ3) is 3.11. The molecule has 1 unspecified atom stereocenters. The molecule has 0 aliphatic rings. The lowest BCUT2D eigenvalue weighted by Crippen LogP contribution is -2.18. The lowest BCUT2D eigenvalue weighted by Gasteiger charge is -2.20. The van der Waals surface area contributed by atoms with Crippen LogP contribution < -0.4 is 15.2 Å². The molecule has 2 aromatic rings. The third-order valence-electron chi connectivity index (χ3n) is 3.53. The maximum absolute atomic E-state index is 6.07. The highest BCUT2D eigenvalue weighted by Crippen LogP contribution is 2.27. The SMILES string of the molecule is COc1ccc(C(CN)Oc2cccc(C)c2C)cc1. The number of benzene rings is 2. The van der Waals surface area contributed by atoms with E-state index in [9.17, 15) is 0 Å². The molecule has 0 saturated carbocycles. The van der Waals surface area contributed by atoms with Gasteiger partial charge in [0, 0.05) is 6.54 Å². The molecule has 0 fully saturated rings. The first-order chi connectivity index (χ1) is 9.65. The van der Waals surface area contributed by atoms with Crippen LogP contribution in [0.5, 0.6) is 11.5 Å². The van der Waals surface area contributed by atoms with E-state index < -0.39 is 0 Å². The summed E-state index contributed by atoms with van der Waals surface area (Å²) in [5.41, 5.74) is 9.27. The van der Waals surface area contributed by atoms with E-state index in [-0.39, 0.29) is 6.10 Å². The van der Waals surface area contributed by atoms with E-state index in [0.29, 0.717) is 6.54 Å². The van der Waals surface area contributed by atoms with Crippen LogP contribution >= 0.6 is 0 Å². The minimum Gasteiger partial charge on any atom is -0.497 e. The van der Waals surface area contributed by atoms with Crippen LogP contribution in [0.4, 0.5) is 0 Å². The number of hydrogen-bond donors (Lipinski definition) is 1. The van der Waals surface area contributed by atoms with Crippen molar-refractivity contribution < 1.29 is 9.47 Å². The molecule has 20 heavy (non-hydrogen) atoms. The highest BCUT2D eigenvalue weighted by molar-refractivity contribution is 5.39. The van der Waals surface area contributed by atoms with E-state index in [1.807, 2.05) is 36.4 Å². The fraction of sp³-hybridized carbons (Fsp3) is 0.294. The maximum atomic E-state index is 6.07.